The van der Waals surface area contributed by atoms with E-state index in [4.69, 9.17) is 4.74 Å². The standard InChI is InChI=1S/C15H24BrN3OS/c1-17-15(18-10-13-9-14(16)21-11-13)19(2)6-3-12-4-7-20-8-5-12/h9,11-12H,3-8,10H2,1-2H3,(H,17,18). The molecule has 1 aliphatic rings. The average molecular weight is 374 g/mol. The van der Waals surface area contributed by atoms with Crippen LogP contribution >= 0.6 is 27.3 Å². The van der Waals surface area contributed by atoms with E-state index in [1.807, 2.05) is 7.05 Å². The van der Waals surface area contributed by atoms with Gasteiger partial charge in [0.15, 0.2) is 5.96 Å². The van der Waals surface area contributed by atoms with Crippen LogP contribution in [0.3, 0.4) is 0 Å². The second-order valence-electron chi connectivity index (χ2n) is 5.43. The molecule has 21 heavy (non-hydrogen) atoms. The van der Waals surface area contributed by atoms with Gasteiger partial charge in [0.05, 0.1) is 3.79 Å². The lowest BCUT2D eigenvalue weighted by molar-refractivity contribution is 0.0625. The molecule has 1 aliphatic heterocycles. The highest BCUT2D eigenvalue weighted by molar-refractivity contribution is 9.11. The monoisotopic (exact) mass is 373 g/mol. The minimum atomic E-state index is 0.798. The molecule has 6 heteroatoms. The van der Waals surface area contributed by atoms with Crippen molar-refractivity contribution in [1.29, 1.82) is 0 Å². The largest absolute Gasteiger partial charge is 0.381 e. The maximum absolute atomic E-state index is 5.41. The molecule has 0 atom stereocenters. The highest BCUT2D eigenvalue weighted by Crippen LogP contribution is 2.20. The lowest BCUT2D eigenvalue weighted by Gasteiger charge is -2.26. The molecule has 2 heterocycles. The number of hydrogen-bond donors (Lipinski definition) is 1. The summed E-state index contributed by atoms with van der Waals surface area (Å²) in [5, 5.41) is 5.58. The van der Waals surface area contributed by atoms with Crippen LogP contribution < -0.4 is 5.32 Å². The van der Waals surface area contributed by atoms with Crippen molar-refractivity contribution in [2.24, 2.45) is 10.9 Å². The first-order valence-electron chi connectivity index (χ1n) is 7.41. The van der Waals surface area contributed by atoms with Gasteiger partial charge in [-0.25, -0.2) is 0 Å². The van der Waals surface area contributed by atoms with Crippen molar-refractivity contribution in [2.75, 3.05) is 33.9 Å². The quantitative estimate of drug-likeness (QED) is 0.635. The van der Waals surface area contributed by atoms with Crippen molar-refractivity contribution in [1.82, 2.24) is 10.2 Å². The summed E-state index contributed by atoms with van der Waals surface area (Å²) < 4.78 is 6.58. The Labute approximate surface area is 139 Å². The fourth-order valence-electron chi connectivity index (χ4n) is 2.52. The van der Waals surface area contributed by atoms with Crippen molar-refractivity contribution in [3.63, 3.8) is 0 Å². The number of guanidine groups is 1. The van der Waals surface area contributed by atoms with Gasteiger partial charge in [-0.2, -0.15) is 0 Å². The first-order valence-corrected chi connectivity index (χ1v) is 9.08. The predicted octanol–water partition coefficient (Wildman–Crippen LogP) is 3.33. The molecule has 1 aromatic heterocycles. The number of thiophene rings is 1. The molecule has 0 unspecified atom stereocenters. The number of hydrogen-bond acceptors (Lipinski definition) is 3. The van der Waals surface area contributed by atoms with Gasteiger partial charge in [0, 0.05) is 40.4 Å². The summed E-state index contributed by atoms with van der Waals surface area (Å²) in [6, 6.07) is 2.15. The van der Waals surface area contributed by atoms with Gasteiger partial charge in [0.1, 0.15) is 0 Å². The SMILES string of the molecule is CN=C(NCc1csc(Br)c1)N(C)CCC1CCOCC1. The Morgan fingerprint density at radius 1 is 1.52 bits per heavy atom. The lowest BCUT2D eigenvalue weighted by atomic mass is 9.96. The van der Waals surface area contributed by atoms with E-state index in [0.29, 0.717) is 0 Å². The Kier molecular flexibility index (Phi) is 6.99. The molecule has 0 amide bonds. The highest BCUT2D eigenvalue weighted by atomic mass is 79.9. The van der Waals surface area contributed by atoms with Crippen LogP contribution in [0.25, 0.3) is 0 Å². The van der Waals surface area contributed by atoms with Crippen LogP contribution in [0, 0.1) is 5.92 Å². The Morgan fingerprint density at radius 3 is 2.90 bits per heavy atom. The summed E-state index contributed by atoms with van der Waals surface area (Å²) >= 11 is 5.21. The molecular formula is C15H24BrN3OS. The van der Waals surface area contributed by atoms with Crippen LogP contribution in [0.2, 0.25) is 0 Å². The molecule has 1 N–H and O–H groups in total. The normalized spacial score (nSPS) is 17.0. The molecule has 0 spiro atoms. The summed E-state index contributed by atoms with van der Waals surface area (Å²) in [4.78, 5) is 6.59. The summed E-state index contributed by atoms with van der Waals surface area (Å²) in [5.74, 6) is 1.76. The van der Waals surface area contributed by atoms with Gasteiger partial charge in [-0.1, -0.05) is 0 Å². The number of rotatable bonds is 5. The topological polar surface area (TPSA) is 36.9 Å². The van der Waals surface area contributed by atoms with Gasteiger partial charge < -0.3 is 15.0 Å². The summed E-state index contributed by atoms with van der Waals surface area (Å²) in [6.07, 6.45) is 3.61. The zero-order valence-corrected chi connectivity index (χ0v) is 15.2. The van der Waals surface area contributed by atoms with E-state index in [-0.39, 0.29) is 0 Å². The van der Waals surface area contributed by atoms with Gasteiger partial charge in [0.2, 0.25) is 0 Å². The van der Waals surface area contributed by atoms with Crippen molar-refractivity contribution in [2.45, 2.75) is 25.8 Å². The number of aliphatic imine (C=N–C) groups is 1. The maximum Gasteiger partial charge on any atom is 0.193 e. The number of halogens is 1. The third-order valence-corrected chi connectivity index (χ3v) is 5.41. The molecule has 118 valence electrons. The van der Waals surface area contributed by atoms with Crippen LogP contribution in [0.4, 0.5) is 0 Å². The first kappa shape index (κ1) is 16.8. The zero-order chi connectivity index (χ0) is 15.1. The molecule has 0 saturated carbocycles. The zero-order valence-electron chi connectivity index (χ0n) is 12.8. The van der Waals surface area contributed by atoms with Crippen molar-refractivity contribution < 1.29 is 4.74 Å². The van der Waals surface area contributed by atoms with E-state index in [1.54, 1.807) is 11.3 Å². The average Bonchev–Trinajstić information content (AvgIpc) is 2.92. The molecule has 1 fully saturated rings. The van der Waals surface area contributed by atoms with Crippen LogP contribution in [-0.4, -0.2) is 44.7 Å². The third-order valence-electron chi connectivity index (χ3n) is 3.86. The van der Waals surface area contributed by atoms with E-state index in [0.717, 1.165) is 38.2 Å². The maximum atomic E-state index is 5.41. The van der Waals surface area contributed by atoms with Crippen molar-refractivity contribution in [3.8, 4) is 0 Å². The second-order valence-corrected chi connectivity index (χ2v) is 7.72. The first-order chi connectivity index (χ1) is 10.2. The van der Waals surface area contributed by atoms with Gasteiger partial charge in [-0.3, -0.25) is 4.99 Å². The van der Waals surface area contributed by atoms with Crippen LogP contribution in [0.1, 0.15) is 24.8 Å². The number of nitrogens with one attached hydrogen (secondary N) is 1. The van der Waals surface area contributed by atoms with Crippen LogP contribution in [0.15, 0.2) is 20.2 Å². The Hall–Kier alpha value is -0.590. The fourth-order valence-corrected chi connectivity index (χ4v) is 3.73. The van der Waals surface area contributed by atoms with E-state index in [2.05, 4.69) is 49.6 Å². The molecular weight excluding hydrogens is 350 g/mol. The summed E-state index contributed by atoms with van der Waals surface area (Å²) in [5.41, 5.74) is 1.28. The smallest absolute Gasteiger partial charge is 0.193 e. The molecule has 0 radical (unpaired) electrons. The Balaban J connectivity index is 1.74. The molecule has 0 aromatic carbocycles. The molecule has 2 rings (SSSR count). The van der Waals surface area contributed by atoms with Gasteiger partial charge in [-0.15, -0.1) is 11.3 Å². The van der Waals surface area contributed by atoms with E-state index in [9.17, 15) is 0 Å². The number of nitrogens with zero attached hydrogens (tertiary/aromatic N) is 2. The van der Waals surface area contributed by atoms with Crippen molar-refractivity contribution >= 4 is 33.2 Å². The highest BCUT2D eigenvalue weighted by Gasteiger charge is 2.15. The Bertz CT molecular complexity index is 458. The fraction of sp³-hybridized carbons (Fsp3) is 0.667. The van der Waals surface area contributed by atoms with Crippen LogP contribution in [0.5, 0.6) is 0 Å². The number of ether oxygens (including phenoxy) is 1. The minimum absolute atomic E-state index is 0.798. The summed E-state index contributed by atoms with van der Waals surface area (Å²) in [7, 11) is 3.95. The second kappa shape index (κ2) is 8.76. The Morgan fingerprint density at radius 2 is 2.29 bits per heavy atom. The van der Waals surface area contributed by atoms with E-state index >= 15 is 0 Å². The molecule has 0 aliphatic carbocycles. The summed E-state index contributed by atoms with van der Waals surface area (Å²) in [6.45, 7) is 3.71. The molecule has 4 nitrogen and oxygen atoms in total. The van der Waals surface area contributed by atoms with Gasteiger partial charge >= 0.3 is 0 Å². The lowest BCUT2D eigenvalue weighted by Crippen LogP contribution is -2.39. The van der Waals surface area contributed by atoms with Gasteiger partial charge in [0.25, 0.3) is 0 Å². The van der Waals surface area contributed by atoms with Crippen molar-refractivity contribution in [3.05, 3.63) is 20.8 Å². The predicted molar refractivity (Wildman–Crippen MR) is 93.0 cm³/mol. The molecule has 0 bridgehead atoms. The van der Waals surface area contributed by atoms with E-state index < -0.39 is 0 Å². The molecule has 1 aromatic rings. The van der Waals surface area contributed by atoms with Crippen LogP contribution in [-0.2, 0) is 11.3 Å². The third kappa shape index (κ3) is 5.60. The van der Waals surface area contributed by atoms with Gasteiger partial charge in [-0.05, 0) is 58.1 Å². The minimum Gasteiger partial charge on any atom is -0.381 e. The molecule has 1 saturated heterocycles. The van der Waals surface area contributed by atoms with E-state index in [1.165, 1.54) is 28.6 Å².